The van der Waals surface area contributed by atoms with Crippen LogP contribution in [-0.2, 0) is 4.79 Å². The maximum Gasteiger partial charge on any atom is 0.254 e. The lowest BCUT2D eigenvalue weighted by Crippen LogP contribution is -2.50. The maximum atomic E-state index is 13.0. The van der Waals surface area contributed by atoms with Crippen molar-refractivity contribution in [2.75, 3.05) is 30.9 Å². The van der Waals surface area contributed by atoms with E-state index in [4.69, 9.17) is 11.6 Å². The van der Waals surface area contributed by atoms with Crippen molar-refractivity contribution >= 4 is 34.8 Å². The van der Waals surface area contributed by atoms with Crippen molar-refractivity contribution in [1.29, 1.82) is 0 Å². The van der Waals surface area contributed by atoms with E-state index in [-0.39, 0.29) is 11.8 Å². The first kappa shape index (κ1) is 19.2. The number of likely N-dealkylation sites (tertiary alicyclic amines) is 1. The highest BCUT2D eigenvalue weighted by Crippen LogP contribution is 2.29. The zero-order chi connectivity index (χ0) is 19.4. The Kier molecular flexibility index (Phi) is 6.01. The molecule has 5 nitrogen and oxygen atoms in total. The predicted octanol–water partition coefficient (Wildman–Crippen LogP) is 4.04. The molecule has 1 aliphatic rings. The number of piperidine rings is 1. The standard InChI is InChI=1S/C21H24ClN3O2/c1-24(2)18-12-11-16(22)14-17(18)23-20(26)19-10-6-7-13-25(19)21(27)15-8-4-3-5-9-15/h3-5,8-9,11-12,14,19H,6-7,10,13H2,1-2H3,(H,23,26). The molecule has 2 aromatic rings. The Morgan fingerprint density at radius 3 is 2.56 bits per heavy atom. The zero-order valence-corrected chi connectivity index (χ0v) is 16.4. The summed E-state index contributed by atoms with van der Waals surface area (Å²) in [5, 5.41) is 3.53. The summed E-state index contributed by atoms with van der Waals surface area (Å²) in [7, 11) is 3.81. The third-order valence-electron chi connectivity index (χ3n) is 4.79. The van der Waals surface area contributed by atoms with Gasteiger partial charge >= 0.3 is 0 Å². The number of anilines is 2. The molecule has 1 saturated heterocycles. The molecule has 6 heteroatoms. The minimum absolute atomic E-state index is 0.102. The van der Waals surface area contributed by atoms with Crippen LogP contribution in [0.5, 0.6) is 0 Å². The Labute approximate surface area is 164 Å². The van der Waals surface area contributed by atoms with Crippen molar-refractivity contribution in [3.63, 3.8) is 0 Å². The van der Waals surface area contributed by atoms with Crippen LogP contribution in [0.15, 0.2) is 48.5 Å². The van der Waals surface area contributed by atoms with Gasteiger partial charge in [-0.15, -0.1) is 0 Å². The van der Waals surface area contributed by atoms with Crippen LogP contribution in [0.4, 0.5) is 11.4 Å². The number of halogens is 1. The first-order chi connectivity index (χ1) is 13.0. The summed E-state index contributed by atoms with van der Waals surface area (Å²) in [6, 6.07) is 14.0. The number of nitrogens with one attached hydrogen (secondary N) is 1. The summed E-state index contributed by atoms with van der Waals surface area (Å²) in [4.78, 5) is 29.6. The van der Waals surface area contributed by atoms with E-state index in [1.165, 1.54) is 0 Å². The van der Waals surface area contributed by atoms with Gasteiger partial charge in [-0.3, -0.25) is 9.59 Å². The van der Waals surface area contributed by atoms with Gasteiger partial charge in [-0.05, 0) is 49.6 Å². The molecule has 0 radical (unpaired) electrons. The van der Waals surface area contributed by atoms with Gasteiger partial charge in [-0.1, -0.05) is 29.8 Å². The highest BCUT2D eigenvalue weighted by molar-refractivity contribution is 6.31. The van der Waals surface area contributed by atoms with E-state index in [0.717, 1.165) is 18.5 Å². The Morgan fingerprint density at radius 1 is 1.11 bits per heavy atom. The van der Waals surface area contributed by atoms with Crippen LogP contribution < -0.4 is 10.2 Å². The van der Waals surface area contributed by atoms with Crippen LogP contribution >= 0.6 is 11.6 Å². The van der Waals surface area contributed by atoms with Crippen molar-refractivity contribution in [3.05, 3.63) is 59.1 Å². The van der Waals surface area contributed by atoms with Gasteiger partial charge in [0.1, 0.15) is 6.04 Å². The second-order valence-electron chi connectivity index (χ2n) is 6.92. The van der Waals surface area contributed by atoms with Crippen LogP contribution in [0.3, 0.4) is 0 Å². The molecule has 2 amide bonds. The number of amides is 2. The average Bonchev–Trinajstić information content (AvgIpc) is 2.68. The van der Waals surface area contributed by atoms with Crippen LogP contribution in [0.2, 0.25) is 5.02 Å². The normalized spacial score (nSPS) is 16.7. The SMILES string of the molecule is CN(C)c1ccc(Cl)cc1NC(=O)C1CCCCN1C(=O)c1ccccc1. The molecule has 1 N–H and O–H groups in total. The molecule has 142 valence electrons. The molecule has 0 spiro atoms. The van der Waals surface area contributed by atoms with Crippen molar-refractivity contribution in [1.82, 2.24) is 4.90 Å². The van der Waals surface area contributed by atoms with E-state index in [0.29, 0.717) is 29.2 Å². The van der Waals surface area contributed by atoms with Crippen molar-refractivity contribution < 1.29 is 9.59 Å². The Balaban J connectivity index is 1.82. The molecule has 1 aliphatic heterocycles. The van der Waals surface area contributed by atoms with Crippen molar-refractivity contribution in [2.24, 2.45) is 0 Å². The molecule has 0 aliphatic carbocycles. The molecule has 1 heterocycles. The van der Waals surface area contributed by atoms with Gasteiger partial charge in [0.25, 0.3) is 5.91 Å². The van der Waals surface area contributed by atoms with Crippen LogP contribution in [0.1, 0.15) is 29.6 Å². The topological polar surface area (TPSA) is 52.7 Å². The van der Waals surface area contributed by atoms with Gasteiger partial charge in [-0.25, -0.2) is 0 Å². The quantitative estimate of drug-likeness (QED) is 0.864. The molecule has 3 rings (SSSR count). The lowest BCUT2D eigenvalue weighted by Gasteiger charge is -2.35. The van der Waals surface area contributed by atoms with Crippen molar-refractivity contribution in [2.45, 2.75) is 25.3 Å². The molecule has 2 aromatic carbocycles. The molecule has 27 heavy (non-hydrogen) atoms. The number of rotatable bonds is 4. The van der Waals surface area contributed by atoms with E-state index >= 15 is 0 Å². The van der Waals surface area contributed by atoms with E-state index in [2.05, 4.69) is 5.32 Å². The summed E-state index contributed by atoms with van der Waals surface area (Å²) in [6.07, 6.45) is 2.48. The van der Waals surface area contributed by atoms with E-state index in [1.54, 1.807) is 29.2 Å². The number of carbonyl (C=O) groups excluding carboxylic acids is 2. The third kappa shape index (κ3) is 4.42. The van der Waals surface area contributed by atoms with E-state index in [1.807, 2.05) is 43.3 Å². The number of benzene rings is 2. The van der Waals surface area contributed by atoms with Crippen LogP contribution in [0, 0.1) is 0 Å². The lowest BCUT2D eigenvalue weighted by molar-refractivity contribution is -0.121. The van der Waals surface area contributed by atoms with E-state index in [9.17, 15) is 9.59 Å². The second-order valence-corrected chi connectivity index (χ2v) is 7.36. The highest BCUT2D eigenvalue weighted by Gasteiger charge is 2.33. The average molecular weight is 386 g/mol. The first-order valence-corrected chi connectivity index (χ1v) is 9.49. The molecule has 1 fully saturated rings. The van der Waals surface area contributed by atoms with Gasteiger partial charge in [-0.2, -0.15) is 0 Å². The smallest absolute Gasteiger partial charge is 0.254 e. The number of hydrogen-bond donors (Lipinski definition) is 1. The Hall–Kier alpha value is -2.53. The van der Waals surface area contributed by atoms with Crippen LogP contribution in [-0.4, -0.2) is 43.4 Å². The first-order valence-electron chi connectivity index (χ1n) is 9.11. The van der Waals surface area contributed by atoms with Gasteiger partial charge in [0.05, 0.1) is 11.4 Å². The number of hydrogen-bond acceptors (Lipinski definition) is 3. The minimum Gasteiger partial charge on any atom is -0.376 e. The fourth-order valence-electron chi connectivity index (χ4n) is 3.41. The molecule has 0 aromatic heterocycles. The van der Waals surface area contributed by atoms with Crippen LogP contribution in [0.25, 0.3) is 0 Å². The summed E-state index contributed by atoms with van der Waals surface area (Å²) in [6.45, 7) is 0.585. The highest BCUT2D eigenvalue weighted by atomic mass is 35.5. The Morgan fingerprint density at radius 2 is 1.85 bits per heavy atom. The summed E-state index contributed by atoms with van der Waals surface area (Å²) in [5.41, 5.74) is 2.12. The summed E-state index contributed by atoms with van der Waals surface area (Å²) >= 11 is 6.12. The lowest BCUT2D eigenvalue weighted by atomic mass is 9.99. The van der Waals surface area contributed by atoms with Gasteiger partial charge in [0, 0.05) is 31.2 Å². The van der Waals surface area contributed by atoms with Gasteiger partial charge in [0.15, 0.2) is 0 Å². The maximum absolute atomic E-state index is 13.0. The molecule has 0 bridgehead atoms. The van der Waals surface area contributed by atoms with E-state index < -0.39 is 6.04 Å². The fourth-order valence-corrected chi connectivity index (χ4v) is 3.58. The molecule has 0 saturated carbocycles. The molecular weight excluding hydrogens is 362 g/mol. The number of carbonyl (C=O) groups is 2. The zero-order valence-electron chi connectivity index (χ0n) is 15.6. The monoisotopic (exact) mass is 385 g/mol. The third-order valence-corrected chi connectivity index (χ3v) is 5.02. The minimum atomic E-state index is -0.486. The Bertz CT molecular complexity index is 823. The summed E-state index contributed by atoms with van der Waals surface area (Å²) < 4.78 is 0. The fraction of sp³-hybridized carbons (Fsp3) is 0.333. The van der Waals surface area contributed by atoms with Gasteiger partial charge < -0.3 is 15.1 Å². The second kappa shape index (κ2) is 8.44. The van der Waals surface area contributed by atoms with Gasteiger partial charge in [0.2, 0.25) is 5.91 Å². The number of nitrogens with zero attached hydrogens (tertiary/aromatic N) is 2. The molecule has 1 atom stereocenters. The molecular formula is C21H24ClN3O2. The van der Waals surface area contributed by atoms with Crippen molar-refractivity contribution in [3.8, 4) is 0 Å². The predicted molar refractivity (Wildman–Crippen MR) is 110 cm³/mol. The largest absolute Gasteiger partial charge is 0.376 e. The summed E-state index contributed by atoms with van der Waals surface area (Å²) in [5.74, 6) is -0.279. The molecule has 1 unspecified atom stereocenters.